The van der Waals surface area contributed by atoms with Gasteiger partial charge in [-0.05, 0) is 64.8 Å². The molecule has 2 aromatic rings. The van der Waals surface area contributed by atoms with Crippen molar-refractivity contribution < 1.29 is 0 Å². The molecule has 0 radical (unpaired) electrons. The molecule has 3 nitrogen and oxygen atoms in total. The van der Waals surface area contributed by atoms with Gasteiger partial charge in [0.05, 0.1) is 10.7 Å². The number of benzene rings is 1. The maximum absolute atomic E-state index is 4.99. The molecule has 2 fully saturated rings. The molecule has 134 valence electrons. The molecule has 2 saturated heterocycles. The van der Waals surface area contributed by atoms with Crippen LogP contribution in [0.4, 0.5) is 5.69 Å². The van der Waals surface area contributed by atoms with E-state index in [9.17, 15) is 0 Å². The van der Waals surface area contributed by atoms with Gasteiger partial charge in [0.25, 0.3) is 0 Å². The number of hydrogen-bond donors (Lipinski definition) is 0. The monoisotopic (exact) mass is 355 g/mol. The highest BCUT2D eigenvalue weighted by Crippen LogP contribution is 2.34. The van der Waals surface area contributed by atoms with Crippen LogP contribution in [0.2, 0.25) is 0 Å². The van der Waals surface area contributed by atoms with Crippen LogP contribution in [0.3, 0.4) is 0 Å². The fourth-order valence-corrected chi connectivity index (χ4v) is 5.09. The highest BCUT2D eigenvalue weighted by Gasteiger charge is 2.24. The van der Waals surface area contributed by atoms with Crippen molar-refractivity contribution in [2.24, 2.45) is 0 Å². The lowest BCUT2D eigenvalue weighted by Crippen LogP contribution is -2.37. The molecule has 4 heteroatoms. The largest absolute Gasteiger partial charge is 0.372 e. The number of rotatable bonds is 4. The number of aromatic nitrogens is 1. The number of thiazole rings is 1. The van der Waals surface area contributed by atoms with E-state index in [-0.39, 0.29) is 0 Å². The smallest absolute Gasteiger partial charge is 0.0964 e. The van der Waals surface area contributed by atoms with Crippen LogP contribution in [0, 0.1) is 0 Å². The van der Waals surface area contributed by atoms with Crippen LogP contribution in [0.1, 0.15) is 50.5 Å². The van der Waals surface area contributed by atoms with Gasteiger partial charge in [-0.25, -0.2) is 4.98 Å². The van der Waals surface area contributed by atoms with Crippen molar-refractivity contribution in [1.82, 2.24) is 9.88 Å². The van der Waals surface area contributed by atoms with Gasteiger partial charge in [0.1, 0.15) is 0 Å². The Kier molecular flexibility index (Phi) is 5.09. The van der Waals surface area contributed by atoms with Crippen LogP contribution in [-0.2, 0) is 0 Å². The van der Waals surface area contributed by atoms with Gasteiger partial charge >= 0.3 is 0 Å². The average Bonchev–Trinajstić information content (AvgIpc) is 3.34. The molecule has 4 rings (SSSR count). The maximum Gasteiger partial charge on any atom is 0.0964 e. The zero-order chi connectivity index (χ0) is 17.2. The van der Waals surface area contributed by atoms with Crippen molar-refractivity contribution in [2.75, 3.05) is 31.1 Å². The zero-order valence-corrected chi connectivity index (χ0v) is 16.3. The molecular formula is C21H29N3S. The van der Waals surface area contributed by atoms with Crippen LogP contribution in [0.5, 0.6) is 0 Å². The molecule has 3 heterocycles. The Balaban J connectivity index is 1.42. The summed E-state index contributed by atoms with van der Waals surface area (Å²) in [7, 11) is 0. The first-order valence-electron chi connectivity index (χ1n) is 9.75. The molecule has 0 amide bonds. The predicted molar refractivity (Wildman–Crippen MR) is 108 cm³/mol. The van der Waals surface area contributed by atoms with Gasteiger partial charge in [0, 0.05) is 41.7 Å². The standard InChI is InChI=1S/C21H29N3S/c1-16(2)23-13-9-18(10-14-23)21-22-20(15-25-21)17-5-7-19(8-6-17)24-11-3-4-12-24/h5-8,15-16,18H,3-4,9-14H2,1-2H3. The average molecular weight is 356 g/mol. The normalized spacial score (nSPS) is 19.9. The number of hydrogen-bond acceptors (Lipinski definition) is 4. The van der Waals surface area contributed by atoms with Crippen LogP contribution >= 0.6 is 11.3 Å². The van der Waals surface area contributed by atoms with Crippen LogP contribution < -0.4 is 4.90 Å². The van der Waals surface area contributed by atoms with Crippen molar-refractivity contribution in [3.8, 4) is 11.3 Å². The molecule has 1 aromatic carbocycles. The van der Waals surface area contributed by atoms with Crippen molar-refractivity contribution in [3.05, 3.63) is 34.7 Å². The minimum atomic E-state index is 0.651. The minimum absolute atomic E-state index is 0.651. The third kappa shape index (κ3) is 3.75. The summed E-state index contributed by atoms with van der Waals surface area (Å²) in [5.41, 5.74) is 3.77. The number of piperidine rings is 1. The number of likely N-dealkylation sites (tertiary alicyclic amines) is 1. The van der Waals surface area contributed by atoms with E-state index >= 15 is 0 Å². The fraction of sp³-hybridized carbons (Fsp3) is 0.571. The summed E-state index contributed by atoms with van der Waals surface area (Å²) in [6.45, 7) is 9.43. The van der Waals surface area contributed by atoms with E-state index in [2.05, 4.69) is 53.3 Å². The summed E-state index contributed by atoms with van der Waals surface area (Å²) in [5, 5.41) is 3.58. The first kappa shape index (κ1) is 17.0. The lowest BCUT2D eigenvalue weighted by atomic mass is 9.96. The first-order valence-corrected chi connectivity index (χ1v) is 10.6. The second-order valence-corrected chi connectivity index (χ2v) is 8.61. The lowest BCUT2D eigenvalue weighted by Gasteiger charge is -2.33. The molecule has 0 atom stereocenters. The summed E-state index contributed by atoms with van der Waals surface area (Å²) in [5.74, 6) is 0.651. The summed E-state index contributed by atoms with van der Waals surface area (Å²) >= 11 is 1.85. The maximum atomic E-state index is 4.99. The van der Waals surface area contributed by atoms with Crippen LogP contribution in [-0.4, -0.2) is 42.1 Å². The molecule has 0 unspecified atom stereocenters. The van der Waals surface area contributed by atoms with E-state index in [0.29, 0.717) is 12.0 Å². The summed E-state index contributed by atoms with van der Waals surface area (Å²) < 4.78 is 0. The predicted octanol–water partition coefficient (Wildman–Crippen LogP) is 5.00. The van der Waals surface area contributed by atoms with Gasteiger partial charge in [-0.2, -0.15) is 0 Å². The molecule has 1 aromatic heterocycles. The van der Waals surface area contributed by atoms with E-state index in [4.69, 9.17) is 4.98 Å². The highest BCUT2D eigenvalue weighted by molar-refractivity contribution is 7.10. The van der Waals surface area contributed by atoms with Crippen molar-refractivity contribution in [1.29, 1.82) is 0 Å². The second kappa shape index (κ2) is 7.46. The molecular weight excluding hydrogens is 326 g/mol. The Labute approximate surface area is 155 Å². The lowest BCUT2D eigenvalue weighted by molar-refractivity contribution is 0.172. The molecule has 0 bridgehead atoms. The van der Waals surface area contributed by atoms with Gasteiger partial charge < -0.3 is 9.80 Å². The van der Waals surface area contributed by atoms with Gasteiger partial charge in [0.2, 0.25) is 0 Å². The topological polar surface area (TPSA) is 19.4 Å². The van der Waals surface area contributed by atoms with E-state index in [1.807, 2.05) is 11.3 Å². The highest BCUT2D eigenvalue weighted by atomic mass is 32.1. The Morgan fingerprint density at radius 2 is 1.68 bits per heavy atom. The Bertz CT molecular complexity index is 677. The van der Waals surface area contributed by atoms with Gasteiger partial charge in [-0.15, -0.1) is 11.3 Å². The Morgan fingerprint density at radius 3 is 2.32 bits per heavy atom. The van der Waals surface area contributed by atoms with E-state index in [0.717, 1.165) is 5.69 Å². The Morgan fingerprint density at radius 1 is 1.00 bits per heavy atom. The second-order valence-electron chi connectivity index (χ2n) is 7.72. The van der Waals surface area contributed by atoms with Crippen LogP contribution in [0.15, 0.2) is 29.6 Å². The van der Waals surface area contributed by atoms with Crippen LogP contribution in [0.25, 0.3) is 11.3 Å². The third-order valence-corrected chi connectivity index (χ3v) is 6.77. The van der Waals surface area contributed by atoms with Crippen molar-refractivity contribution >= 4 is 17.0 Å². The fourth-order valence-electron chi connectivity index (χ4n) is 4.09. The zero-order valence-electron chi connectivity index (χ0n) is 15.4. The van der Waals surface area contributed by atoms with Gasteiger partial charge in [-0.1, -0.05) is 12.1 Å². The van der Waals surface area contributed by atoms with Gasteiger partial charge in [0.15, 0.2) is 0 Å². The quantitative estimate of drug-likeness (QED) is 0.769. The first-order chi connectivity index (χ1) is 12.2. The van der Waals surface area contributed by atoms with Gasteiger partial charge in [-0.3, -0.25) is 0 Å². The molecule has 0 N–H and O–H groups in total. The SMILES string of the molecule is CC(C)N1CCC(c2nc(-c3ccc(N4CCCC4)cc3)cs2)CC1. The Hall–Kier alpha value is -1.39. The summed E-state index contributed by atoms with van der Waals surface area (Å²) in [4.78, 5) is 10.1. The van der Waals surface area contributed by atoms with E-state index in [1.54, 1.807) is 0 Å². The van der Waals surface area contributed by atoms with Crippen molar-refractivity contribution in [2.45, 2.75) is 51.5 Å². The molecule has 2 aliphatic heterocycles. The van der Waals surface area contributed by atoms with E-state index in [1.165, 1.54) is 68.1 Å². The number of nitrogens with zero attached hydrogens (tertiary/aromatic N) is 3. The summed E-state index contributed by atoms with van der Waals surface area (Å²) in [6.07, 6.45) is 5.15. The van der Waals surface area contributed by atoms with E-state index < -0.39 is 0 Å². The molecule has 25 heavy (non-hydrogen) atoms. The molecule has 0 saturated carbocycles. The summed E-state index contributed by atoms with van der Waals surface area (Å²) in [6, 6.07) is 9.69. The molecule has 2 aliphatic rings. The number of anilines is 1. The third-order valence-electron chi connectivity index (χ3n) is 5.77. The molecule has 0 spiro atoms. The molecule has 0 aliphatic carbocycles. The minimum Gasteiger partial charge on any atom is -0.372 e. The van der Waals surface area contributed by atoms with Crippen molar-refractivity contribution in [3.63, 3.8) is 0 Å².